The molecule has 0 aromatic heterocycles. The Balaban J connectivity index is 2.12. The minimum atomic E-state index is -0.351. The Bertz CT molecular complexity index is 764. The third-order valence-corrected chi connectivity index (χ3v) is 3.55. The molecule has 2 rings (SSSR count). The van der Waals surface area contributed by atoms with Crippen LogP contribution in [0, 0.1) is 18.2 Å². The number of hydrogen-bond donors (Lipinski definition) is 0. The van der Waals surface area contributed by atoms with E-state index < -0.39 is 0 Å². The number of halogens is 2. The average Bonchev–Trinajstić information content (AvgIpc) is 2.54. The van der Waals surface area contributed by atoms with E-state index in [-0.39, 0.29) is 18.3 Å². The van der Waals surface area contributed by atoms with Gasteiger partial charge in [0.05, 0.1) is 6.54 Å². The van der Waals surface area contributed by atoms with E-state index in [9.17, 15) is 9.18 Å². The second-order valence-electron chi connectivity index (χ2n) is 4.88. The lowest BCUT2D eigenvalue weighted by atomic mass is 10.2. The summed E-state index contributed by atoms with van der Waals surface area (Å²) in [6.45, 7) is 0.480. The molecule has 0 unspecified atom stereocenters. The number of terminal acetylenes is 1. The first-order valence-electron chi connectivity index (χ1n) is 6.99. The number of carbonyl (C=O) groups excluding carboxylic acids is 1. The van der Waals surface area contributed by atoms with Crippen molar-refractivity contribution < 1.29 is 9.18 Å². The van der Waals surface area contributed by atoms with Gasteiger partial charge in [0, 0.05) is 17.6 Å². The molecule has 0 atom stereocenters. The highest BCUT2D eigenvalue weighted by molar-refractivity contribution is 6.31. The Kier molecular flexibility index (Phi) is 5.96. The lowest BCUT2D eigenvalue weighted by Gasteiger charge is -2.19. The van der Waals surface area contributed by atoms with Crippen molar-refractivity contribution >= 4 is 23.6 Å². The maximum Gasteiger partial charge on any atom is 0.247 e. The van der Waals surface area contributed by atoms with Gasteiger partial charge in [0.2, 0.25) is 5.91 Å². The van der Waals surface area contributed by atoms with Crippen LogP contribution in [0.25, 0.3) is 6.08 Å². The Morgan fingerprint density at radius 2 is 2.04 bits per heavy atom. The van der Waals surface area contributed by atoms with E-state index in [0.29, 0.717) is 17.1 Å². The molecule has 116 valence electrons. The van der Waals surface area contributed by atoms with E-state index in [1.165, 1.54) is 23.1 Å². The van der Waals surface area contributed by atoms with E-state index in [1.54, 1.807) is 24.3 Å². The third-order valence-electron chi connectivity index (χ3n) is 3.18. The normalized spacial score (nSPS) is 10.5. The Morgan fingerprint density at radius 3 is 2.74 bits per heavy atom. The summed E-state index contributed by atoms with van der Waals surface area (Å²) >= 11 is 6.11. The molecule has 4 heteroatoms. The number of nitrogens with zero attached hydrogens (tertiary/aromatic N) is 1. The Hall–Kier alpha value is -2.57. The summed E-state index contributed by atoms with van der Waals surface area (Å²) in [5.41, 5.74) is 1.42. The summed E-state index contributed by atoms with van der Waals surface area (Å²) in [4.78, 5) is 13.8. The minimum Gasteiger partial charge on any atom is -0.324 e. The van der Waals surface area contributed by atoms with Gasteiger partial charge in [0.15, 0.2) is 0 Å². The quantitative estimate of drug-likeness (QED) is 0.596. The highest BCUT2D eigenvalue weighted by Crippen LogP contribution is 2.17. The van der Waals surface area contributed by atoms with Gasteiger partial charge < -0.3 is 4.90 Å². The zero-order chi connectivity index (χ0) is 16.7. The van der Waals surface area contributed by atoms with Crippen molar-refractivity contribution in [1.82, 2.24) is 4.90 Å². The standard InChI is InChI=1S/C19H15ClFNO/c1-2-12-22(14-16-7-3-4-9-18(16)20)19(23)11-10-15-6-5-8-17(21)13-15/h1,3-11,13H,12,14H2. The molecule has 0 N–H and O–H groups in total. The fourth-order valence-corrected chi connectivity index (χ4v) is 2.23. The number of rotatable bonds is 5. The van der Waals surface area contributed by atoms with Gasteiger partial charge in [-0.15, -0.1) is 6.42 Å². The summed E-state index contributed by atoms with van der Waals surface area (Å²) in [5.74, 6) is 1.86. The van der Waals surface area contributed by atoms with Crippen molar-refractivity contribution in [3.8, 4) is 12.3 Å². The van der Waals surface area contributed by atoms with Crippen molar-refractivity contribution in [2.24, 2.45) is 0 Å². The molecule has 0 fully saturated rings. The van der Waals surface area contributed by atoms with Gasteiger partial charge >= 0.3 is 0 Å². The van der Waals surface area contributed by atoms with Crippen molar-refractivity contribution in [3.63, 3.8) is 0 Å². The highest BCUT2D eigenvalue weighted by atomic mass is 35.5. The lowest BCUT2D eigenvalue weighted by Crippen LogP contribution is -2.29. The molecule has 0 aliphatic carbocycles. The van der Waals surface area contributed by atoms with Crippen LogP contribution in [-0.2, 0) is 11.3 Å². The number of benzene rings is 2. The van der Waals surface area contributed by atoms with Crippen molar-refractivity contribution in [3.05, 3.63) is 76.6 Å². The first-order valence-corrected chi connectivity index (χ1v) is 7.37. The SMILES string of the molecule is C#CCN(Cc1ccccc1Cl)C(=O)C=Cc1cccc(F)c1. The second-order valence-corrected chi connectivity index (χ2v) is 5.29. The van der Waals surface area contributed by atoms with Crippen LogP contribution in [0.5, 0.6) is 0 Å². The molecule has 0 spiro atoms. The fraction of sp³-hybridized carbons (Fsp3) is 0.105. The molecule has 23 heavy (non-hydrogen) atoms. The molecule has 2 aromatic carbocycles. The smallest absolute Gasteiger partial charge is 0.247 e. The molecular weight excluding hydrogens is 313 g/mol. The van der Waals surface area contributed by atoms with Crippen LogP contribution in [0.3, 0.4) is 0 Å². The summed E-state index contributed by atoms with van der Waals surface area (Å²) in [7, 11) is 0. The van der Waals surface area contributed by atoms with Gasteiger partial charge in [-0.3, -0.25) is 4.79 Å². The predicted molar refractivity (Wildman–Crippen MR) is 91.1 cm³/mol. The van der Waals surface area contributed by atoms with Gasteiger partial charge in [-0.05, 0) is 35.4 Å². The topological polar surface area (TPSA) is 20.3 Å². The minimum absolute atomic E-state index is 0.164. The maximum atomic E-state index is 13.1. The van der Waals surface area contributed by atoms with Gasteiger partial charge in [-0.2, -0.15) is 0 Å². The highest BCUT2D eigenvalue weighted by Gasteiger charge is 2.11. The lowest BCUT2D eigenvalue weighted by molar-refractivity contribution is -0.125. The molecule has 0 bridgehead atoms. The van der Waals surface area contributed by atoms with E-state index in [4.69, 9.17) is 18.0 Å². The fourth-order valence-electron chi connectivity index (χ4n) is 2.04. The average molecular weight is 328 g/mol. The summed E-state index contributed by atoms with van der Waals surface area (Å²) < 4.78 is 13.1. The zero-order valence-electron chi connectivity index (χ0n) is 12.4. The van der Waals surface area contributed by atoms with Crippen LogP contribution in [0.1, 0.15) is 11.1 Å². The molecule has 0 aliphatic heterocycles. The van der Waals surface area contributed by atoms with Crippen molar-refractivity contribution in [2.45, 2.75) is 6.54 Å². The molecular formula is C19H15ClFNO. The van der Waals surface area contributed by atoms with E-state index in [2.05, 4.69) is 5.92 Å². The van der Waals surface area contributed by atoms with E-state index in [0.717, 1.165) is 5.56 Å². The first-order chi connectivity index (χ1) is 11.1. The Labute approximate surface area is 140 Å². The largest absolute Gasteiger partial charge is 0.324 e. The van der Waals surface area contributed by atoms with Gasteiger partial charge in [0.25, 0.3) is 0 Å². The monoisotopic (exact) mass is 327 g/mol. The van der Waals surface area contributed by atoms with Crippen molar-refractivity contribution in [2.75, 3.05) is 6.54 Å². The van der Waals surface area contributed by atoms with Crippen LogP contribution in [0.4, 0.5) is 4.39 Å². The van der Waals surface area contributed by atoms with E-state index in [1.807, 2.05) is 18.2 Å². The molecule has 2 nitrogen and oxygen atoms in total. The van der Waals surface area contributed by atoms with Gasteiger partial charge in [0.1, 0.15) is 5.82 Å². The number of hydrogen-bond acceptors (Lipinski definition) is 1. The predicted octanol–water partition coefficient (Wildman–Crippen LogP) is 4.15. The van der Waals surface area contributed by atoms with E-state index >= 15 is 0 Å². The molecule has 0 saturated carbocycles. The summed E-state index contributed by atoms with van der Waals surface area (Å²) in [6.07, 6.45) is 8.27. The zero-order valence-corrected chi connectivity index (χ0v) is 13.1. The van der Waals surface area contributed by atoms with Crippen LogP contribution in [-0.4, -0.2) is 17.4 Å². The number of amides is 1. The third kappa shape index (κ3) is 4.98. The van der Waals surface area contributed by atoms with Crippen LogP contribution >= 0.6 is 11.6 Å². The van der Waals surface area contributed by atoms with Crippen LogP contribution in [0.15, 0.2) is 54.6 Å². The van der Waals surface area contributed by atoms with Gasteiger partial charge in [-0.25, -0.2) is 4.39 Å². The maximum absolute atomic E-state index is 13.1. The molecule has 1 amide bonds. The molecule has 2 aromatic rings. The van der Waals surface area contributed by atoms with Gasteiger partial charge in [-0.1, -0.05) is 47.9 Å². The van der Waals surface area contributed by atoms with Crippen LogP contribution < -0.4 is 0 Å². The van der Waals surface area contributed by atoms with Crippen molar-refractivity contribution in [1.29, 1.82) is 0 Å². The first kappa shape index (κ1) is 16.8. The summed E-state index contributed by atoms with van der Waals surface area (Å²) in [6, 6.07) is 13.3. The van der Waals surface area contributed by atoms with Crippen LogP contribution in [0.2, 0.25) is 5.02 Å². The number of carbonyl (C=O) groups is 1. The molecule has 0 aliphatic rings. The molecule has 0 radical (unpaired) electrons. The molecule has 0 saturated heterocycles. The summed E-state index contributed by atoms with van der Waals surface area (Å²) in [5, 5.41) is 0.580. The Morgan fingerprint density at radius 1 is 1.26 bits per heavy atom. The molecule has 0 heterocycles. The second kappa shape index (κ2) is 8.17.